The van der Waals surface area contributed by atoms with Crippen molar-refractivity contribution in [3.8, 4) is 0 Å². The fourth-order valence-electron chi connectivity index (χ4n) is 1.28. The zero-order chi connectivity index (χ0) is 13.1. The number of hydrogen-bond acceptors (Lipinski definition) is 4. The third kappa shape index (κ3) is 4.75. The van der Waals surface area contributed by atoms with Gasteiger partial charge in [0.2, 0.25) is 0 Å². The Hall–Kier alpha value is -1.07. The number of amides is 1. The highest BCUT2D eigenvalue weighted by Crippen LogP contribution is 2.21. The average Bonchev–Trinajstić information content (AvgIpc) is 2.65. The summed E-state index contributed by atoms with van der Waals surface area (Å²) in [6.07, 6.45) is -1.22. The summed E-state index contributed by atoms with van der Waals surface area (Å²) >= 11 is 1.46. The summed E-state index contributed by atoms with van der Waals surface area (Å²) in [5.74, 6) is 0. The van der Waals surface area contributed by atoms with Crippen molar-refractivity contribution in [2.75, 3.05) is 0 Å². The lowest BCUT2D eigenvalue weighted by molar-refractivity contribution is 0.0438. The number of thiophene rings is 1. The molecule has 0 spiro atoms. The van der Waals surface area contributed by atoms with Crippen LogP contribution in [0.4, 0.5) is 4.79 Å². The maximum absolute atomic E-state index is 11.5. The second-order valence-corrected chi connectivity index (χ2v) is 5.87. The summed E-state index contributed by atoms with van der Waals surface area (Å²) in [7, 11) is 0. The van der Waals surface area contributed by atoms with Crippen molar-refractivity contribution in [2.24, 2.45) is 0 Å². The van der Waals surface area contributed by atoms with Crippen LogP contribution in [0.25, 0.3) is 0 Å². The molecule has 17 heavy (non-hydrogen) atoms. The fourth-order valence-corrected chi connectivity index (χ4v) is 2.09. The molecule has 1 heterocycles. The Morgan fingerprint density at radius 1 is 1.53 bits per heavy atom. The van der Waals surface area contributed by atoms with Crippen molar-refractivity contribution in [1.82, 2.24) is 5.32 Å². The van der Waals surface area contributed by atoms with Gasteiger partial charge in [-0.15, -0.1) is 11.3 Å². The monoisotopic (exact) mass is 257 g/mol. The van der Waals surface area contributed by atoms with E-state index in [0.29, 0.717) is 0 Å². The average molecular weight is 257 g/mol. The molecule has 0 saturated carbocycles. The third-order valence-corrected chi connectivity index (χ3v) is 3.00. The minimum Gasteiger partial charge on any atom is -0.444 e. The number of carbonyl (C=O) groups is 1. The summed E-state index contributed by atoms with van der Waals surface area (Å²) < 4.78 is 5.12. The van der Waals surface area contributed by atoms with E-state index in [9.17, 15) is 9.90 Å². The highest BCUT2D eigenvalue weighted by atomic mass is 32.1. The normalized spacial score (nSPS) is 15.1. The van der Waals surface area contributed by atoms with Crippen LogP contribution in [0, 0.1) is 0 Å². The van der Waals surface area contributed by atoms with E-state index in [1.54, 1.807) is 27.7 Å². The summed E-state index contributed by atoms with van der Waals surface area (Å²) in [6, 6.07) is 3.31. The van der Waals surface area contributed by atoms with E-state index in [2.05, 4.69) is 5.32 Å². The Labute approximate surface area is 106 Å². The van der Waals surface area contributed by atoms with E-state index in [1.807, 2.05) is 17.5 Å². The van der Waals surface area contributed by atoms with Gasteiger partial charge in [-0.1, -0.05) is 6.07 Å². The van der Waals surface area contributed by atoms with Gasteiger partial charge < -0.3 is 15.2 Å². The van der Waals surface area contributed by atoms with Gasteiger partial charge in [0.15, 0.2) is 0 Å². The predicted molar refractivity (Wildman–Crippen MR) is 68.1 cm³/mol. The Morgan fingerprint density at radius 2 is 2.18 bits per heavy atom. The van der Waals surface area contributed by atoms with Crippen molar-refractivity contribution < 1.29 is 14.6 Å². The molecule has 1 rings (SSSR count). The van der Waals surface area contributed by atoms with Gasteiger partial charge in [-0.05, 0) is 39.1 Å². The van der Waals surface area contributed by atoms with E-state index >= 15 is 0 Å². The van der Waals surface area contributed by atoms with Crippen LogP contribution in [0.15, 0.2) is 17.5 Å². The van der Waals surface area contributed by atoms with E-state index in [-0.39, 0.29) is 6.04 Å². The summed E-state index contributed by atoms with van der Waals surface area (Å²) in [5, 5.41) is 14.5. The maximum Gasteiger partial charge on any atom is 0.407 e. The minimum absolute atomic E-state index is 0.386. The number of nitrogens with one attached hydrogen (secondary N) is 1. The van der Waals surface area contributed by atoms with Crippen LogP contribution in [0.5, 0.6) is 0 Å². The second kappa shape index (κ2) is 5.51. The van der Waals surface area contributed by atoms with Gasteiger partial charge in [0, 0.05) is 4.88 Å². The molecule has 0 aliphatic rings. The Kier molecular flexibility index (Phi) is 4.54. The van der Waals surface area contributed by atoms with Gasteiger partial charge in [0.25, 0.3) is 0 Å². The molecule has 2 N–H and O–H groups in total. The Balaban J connectivity index is 2.49. The Bertz CT molecular complexity index is 356. The zero-order valence-electron chi connectivity index (χ0n) is 10.6. The number of aliphatic hydroxyl groups excluding tert-OH is 1. The smallest absolute Gasteiger partial charge is 0.407 e. The minimum atomic E-state index is -0.706. The summed E-state index contributed by atoms with van der Waals surface area (Å²) in [4.78, 5) is 12.3. The van der Waals surface area contributed by atoms with Crippen LogP contribution in [-0.4, -0.2) is 22.8 Å². The first-order valence-corrected chi connectivity index (χ1v) is 6.38. The lowest BCUT2D eigenvalue weighted by Crippen LogP contribution is -2.40. The first-order chi connectivity index (χ1) is 7.79. The molecule has 4 nitrogen and oxygen atoms in total. The standard InChI is InChI=1S/C12H19NO3S/c1-8(10(14)9-6-5-7-17-9)13-11(15)16-12(2,3)4/h5-8,10,14H,1-4H3,(H,13,15)/t8-,10-/m1/s1. The van der Waals surface area contributed by atoms with Crippen LogP contribution in [0.3, 0.4) is 0 Å². The van der Waals surface area contributed by atoms with E-state index < -0.39 is 17.8 Å². The molecule has 0 aliphatic heterocycles. The number of carbonyl (C=O) groups excluding carboxylic acids is 1. The first kappa shape index (κ1) is 14.0. The van der Waals surface area contributed by atoms with Gasteiger partial charge >= 0.3 is 6.09 Å². The van der Waals surface area contributed by atoms with Crippen molar-refractivity contribution >= 4 is 17.4 Å². The molecule has 1 aromatic rings. The number of ether oxygens (including phenoxy) is 1. The molecule has 5 heteroatoms. The number of alkyl carbamates (subject to hydrolysis) is 1. The quantitative estimate of drug-likeness (QED) is 0.875. The highest BCUT2D eigenvalue weighted by molar-refractivity contribution is 7.10. The van der Waals surface area contributed by atoms with Crippen molar-refractivity contribution in [3.05, 3.63) is 22.4 Å². The summed E-state index contributed by atoms with van der Waals surface area (Å²) in [5.41, 5.74) is -0.530. The maximum atomic E-state index is 11.5. The van der Waals surface area contributed by atoms with Gasteiger partial charge in [0.05, 0.1) is 6.04 Å². The van der Waals surface area contributed by atoms with E-state index in [0.717, 1.165) is 4.88 Å². The molecule has 0 aliphatic carbocycles. The molecular weight excluding hydrogens is 238 g/mol. The molecule has 0 saturated heterocycles. The molecule has 0 unspecified atom stereocenters. The van der Waals surface area contributed by atoms with Crippen LogP contribution in [0.1, 0.15) is 38.7 Å². The molecule has 1 amide bonds. The Morgan fingerprint density at radius 3 is 2.65 bits per heavy atom. The van der Waals surface area contributed by atoms with Gasteiger partial charge in [-0.3, -0.25) is 0 Å². The van der Waals surface area contributed by atoms with E-state index in [4.69, 9.17) is 4.74 Å². The van der Waals surface area contributed by atoms with Crippen molar-refractivity contribution in [1.29, 1.82) is 0 Å². The molecule has 0 aromatic carbocycles. The SMILES string of the molecule is C[C@@H](NC(=O)OC(C)(C)C)[C@@H](O)c1cccs1. The molecule has 1 aromatic heterocycles. The lowest BCUT2D eigenvalue weighted by Gasteiger charge is -2.23. The van der Waals surface area contributed by atoms with Crippen LogP contribution >= 0.6 is 11.3 Å². The van der Waals surface area contributed by atoms with Crippen LogP contribution in [0.2, 0.25) is 0 Å². The first-order valence-electron chi connectivity index (χ1n) is 5.50. The number of hydrogen-bond donors (Lipinski definition) is 2. The fraction of sp³-hybridized carbons (Fsp3) is 0.583. The van der Waals surface area contributed by atoms with Gasteiger partial charge in [-0.25, -0.2) is 4.79 Å². The molecule has 0 bridgehead atoms. The molecule has 0 fully saturated rings. The topological polar surface area (TPSA) is 58.6 Å². The van der Waals surface area contributed by atoms with Crippen molar-refractivity contribution in [3.63, 3.8) is 0 Å². The number of aliphatic hydroxyl groups is 1. The van der Waals surface area contributed by atoms with Crippen LogP contribution in [-0.2, 0) is 4.74 Å². The van der Waals surface area contributed by atoms with E-state index in [1.165, 1.54) is 11.3 Å². The predicted octanol–water partition coefficient (Wildman–Crippen LogP) is 2.69. The molecular formula is C12H19NO3S. The second-order valence-electron chi connectivity index (χ2n) is 4.90. The van der Waals surface area contributed by atoms with Gasteiger partial charge in [0.1, 0.15) is 11.7 Å². The highest BCUT2D eigenvalue weighted by Gasteiger charge is 2.22. The largest absolute Gasteiger partial charge is 0.444 e. The molecule has 0 radical (unpaired) electrons. The lowest BCUT2D eigenvalue weighted by atomic mass is 10.1. The molecule has 96 valence electrons. The summed E-state index contributed by atoms with van der Waals surface area (Å²) in [6.45, 7) is 7.14. The number of rotatable bonds is 3. The van der Waals surface area contributed by atoms with Crippen molar-refractivity contribution in [2.45, 2.75) is 45.4 Å². The molecule has 2 atom stereocenters. The third-order valence-electron chi connectivity index (χ3n) is 2.05. The zero-order valence-corrected chi connectivity index (χ0v) is 11.4. The van der Waals surface area contributed by atoms with Gasteiger partial charge in [-0.2, -0.15) is 0 Å². The van der Waals surface area contributed by atoms with Crippen LogP contribution < -0.4 is 5.32 Å².